The average Bonchev–Trinajstić information content (AvgIpc) is 2.74. The Labute approximate surface area is 122 Å². The van der Waals surface area contributed by atoms with Crippen LogP contribution in [0.15, 0.2) is 4.34 Å². The van der Waals surface area contributed by atoms with E-state index in [9.17, 15) is 26.4 Å². The number of hydrogen-bond donors (Lipinski definition) is 2. The summed E-state index contributed by atoms with van der Waals surface area (Å²) in [6.45, 7) is -1.31. The van der Waals surface area contributed by atoms with Crippen molar-refractivity contribution in [3.8, 4) is 0 Å². The molecule has 0 bridgehead atoms. The second-order valence-electron chi connectivity index (χ2n) is 3.80. The van der Waals surface area contributed by atoms with Gasteiger partial charge in [-0.15, -0.1) is 10.2 Å². The van der Waals surface area contributed by atoms with Gasteiger partial charge in [0.25, 0.3) is 10.0 Å². The first-order valence-electron chi connectivity index (χ1n) is 5.44. The molecule has 0 atom stereocenters. The van der Waals surface area contributed by atoms with E-state index in [1.165, 1.54) is 6.92 Å². The summed E-state index contributed by atoms with van der Waals surface area (Å²) in [5.74, 6) is -0.510. The minimum Gasteiger partial charge on any atom is -0.329 e. The van der Waals surface area contributed by atoms with Crippen molar-refractivity contribution in [1.82, 2.24) is 14.5 Å². The molecule has 1 amide bonds. The van der Waals surface area contributed by atoms with Crippen LogP contribution in [0.3, 0.4) is 0 Å². The summed E-state index contributed by atoms with van der Waals surface area (Å²) < 4.78 is 60.9. The predicted octanol–water partition coefficient (Wildman–Crippen LogP) is 0.00820. The van der Waals surface area contributed by atoms with Crippen molar-refractivity contribution in [2.24, 2.45) is 5.73 Å². The number of anilines is 1. The highest BCUT2D eigenvalue weighted by molar-refractivity contribution is 7.91. The van der Waals surface area contributed by atoms with Gasteiger partial charge >= 0.3 is 6.18 Å². The normalized spacial score (nSPS) is 12.7. The van der Waals surface area contributed by atoms with Crippen molar-refractivity contribution in [2.75, 3.05) is 25.0 Å². The van der Waals surface area contributed by atoms with Crippen LogP contribution in [0.4, 0.5) is 18.3 Å². The van der Waals surface area contributed by atoms with Crippen LogP contribution in [-0.2, 0) is 14.8 Å². The van der Waals surface area contributed by atoms with Crippen molar-refractivity contribution in [3.63, 3.8) is 0 Å². The van der Waals surface area contributed by atoms with Gasteiger partial charge in [-0.3, -0.25) is 4.79 Å². The van der Waals surface area contributed by atoms with Gasteiger partial charge in [-0.25, -0.2) is 8.42 Å². The van der Waals surface area contributed by atoms with Gasteiger partial charge < -0.3 is 11.1 Å². The molecule has 13 heteroatoms. The second kappa shape index (κ2) is 6.64. The van der Waals surface area contributed by atoms with Crippen molar-refractivity contribution >= 4 is 32.4 Å². The number of hydrogen-bond acceptors (Lipinski definition) is 7. The fourth-order valence-corrected chi connectivity index (χ4v) is 3.78. The van der Waals surface area contributed by atoms with E-state index in [1.54, 1.807) is 0 Å². The third kappa shape index (κ3) is 5.18. The molecule has 3 N–H and O–H groups in total. The molecule has 0 aliphatic heterocycles. The molecule has 1 aromatic rings. The summed E-state index contributed by atoms with van der Waals surface area (Å²) >= 11 is 0.456. The van der Waals surface area contributed by atoms with E-state index in [4.69, 9.17) is 5.73 Å². The third-order valence-electron chi connectivity index (χ3n) is 1.98. The lowest BCUT2D eigenvalue weighted by atomic mass is 10.5. The van der Waals surface area contributed by atoms with Crippen LogP contribution in [0.2, 0.25) is 0 Å². The molecule has 0 aliphatic rings. The maximum Gasteiger partial charge on any atom is 0.402 e. The van der Waals surface area contributed by atoms with Gasteiger partial charge in [-0.1, -0.05) is 11.3 Å². The van der Waals surface area contributed by atoms with Crippen molar-refractivity contribution in [1.29, 1.82) is 0 Å². The number of nitrogens with two attached hydrogens (primary N) is 1. The highest BCUT2D eigenvalue weighted by atomic mass is 32.2. The SMILES string of the molecule is CC(=O)Nc1nnc(S(=O)(=O)N(CCN)CC(F)(F)F)s1. The fourth-order valence-electron chi connectivity index (χ4n) is 1.25. The smallest absolute Gasteiger partial charge is 0.329 e. The van der Waals surface area contributed by atoms with Crippen LogP contribution >= 0.6 is 11.3 Å². The lowest BCUT2D eigenvalue weighted by Gasteiger charge is -2.20. The van der Waals surface area contributed by atoms with E-state index in [-0.39, 0.29) is 16.0 Å². The summed E-state index contributed by atoms with van der Waals surface area (Å²) in [5.41, 5.74) is 5.13. The zero-order valence-corrected chi connectivity index (χ0v) is 12.3. The summed E-state index contributed by atoms with van der Waals surface area (Å²) in [6.07, 6.45) is -4.71. The number of nitrogens with one attached hydrogen (secondary N) is 1. The van der Waals surface area contributed by atoms with Gasteiger partial charge in [0, 0.05) is 20.0 Å². The molecule has 0 saturated carbocycles. The molecule has 1 heterocycles. The number of aromatic nitrogens is 2. The van der Waals surface area contributed by atoms with Crippen LogP contribution in [0.5, 0.6) is 0 Å². The van der Waals surface area contributed by atoms with E-state index in [2.05, 4.69) is 15.5 Å². The van der Waals surface area contributed by atoms with Gasteiger partial charge in [-0.2, -0.15) is 17.5 Å². The van der Waals surface area contributed by atoms with Gasteiger partial charge in [0.2, 0.25) is 15.4 Å². The minimum atomic E-state index is -4.71. The van der Waals surface area contributed by atoms with Crippen molar-refractivity contribution < 1.29 is 26.4 Å². The number of amides is 1. The molecule has 0 unspecified atom stereocenters. The fraction of sp³-hybridized carbons (Fsp3) is 0.625. The molecule has 0 radical (unpaired) electrons. The van der Waals surface area contributed by atoms with Crippen LogP contribution in [0, 0.1) is 0 Å². The maximum atomic E-state index is 12.4. The molecule has 0 fully saturated rings. The highest BCUT2D eigenvalue weighted by Crippen LogP contribution is 2.26. The molecule has 0 spiro atoms. The van der Waals surface area contributed by atoms with E-state index in [1.807, 2.05) is 0 Å². The van der Waals surface area contributed by atoms with Gasteiger partial charge in [0.05, 0.1) is 0 Å². The van der Waals surface area contributed by atoms with Crippen LogP contribution in [0.1, 0.15) is 6.92 Å². The first-order chi connectivity index (χ1) is 9.56. The topological polar surface area (TPSA) is 118 Å². The number of rotatable bonds is 6. The number of carbonyl (C=O) groups is 1. The van der Waals surface area contributed by atoms with Crippen LogP contribution in [-0.4, -0.2) is 54.6 Å². The summed E-state index contributed by atoms with van der Waals surface area (Å²) in [4.78, 5) is 10.8. The standard InChI is InChI=1S/C8H12F3N5O3S2/c1-5(17)13-6-14-15-7(20-6)21(18,19)16(3-2-12)4-8(9,10)11/h2-4,12H2,1H3,(H,13,14,17). The molecule has 8 nitrogen and oxygen atoms in total. The molecule has 21 heavy (non-hydrogen) atoms. The Morgan fingerprint density at radius 3 is 2.52 bits per heavy atom. The lowest BCUT2D eigenvalue weighted by molar-refractivity contribution is -0.136. The first-order valence-corrected chi connectivity index (χ1v) is 7.70. The predicted molar refractivity (Wildman–Crippen MR) is 68.1 cm³/mol. The number of alkyl halides is 3. The van der Waals surface area contributed by atoms with Crippen molar-refractivity contribution in [2.45, 2.75) is 17.4 Å². The molecule has 0 aromatic carbocycles. The Balaban J connectivity index is 3.05. The van der Waals surface area contributed by atoms with Crippen molar-refractivity contribution in [3.05, 3.63) is 0 Å². The van der Waals surface area contributed by atoms with Gasteiger partial charge in [-0.05, 0) is 0 Å². The Morgan fingerprint density at radius 2 is 2.05 bits per heavy atom. The number of carbonyl (C=O) groups excluding carboxylic acids is 1. The minimum absolute atomic E-state index is 0.124. The summed E-state index contributed by atoms with van der Waals surface area (Å²) in [5, 5.41) is 8.74. The quantitative estimate of drug-likeness (QED) is 0.700. The molecule has 0 aliphatic carbocycles. The maximum absolute atomic E-state index is 12.4. The summed E-state index contributed by atoms with van der Waals surface area (Å²) in [6, 6.07) is 0. The zero-order valence-electron chi connectivity index (χ0n) is 10.7. The number of sulfonamides is 1. The number of halogens is 3. The van der Waals surface area contributed by atoms with E-state index in [0.717, 1.165) is 0 Å². The lowest BCUT2D eigenvalue weighted by Crippen LogP contribution is -2.41. The molecular formula is C8H12F3N5O3S2. The molecule has 1 aromatic heterocycles. The Morgan fingerprint density at radius 1 is 1.43 bits per heavy atom. The largest absolute Gasteiger partial charge is 0.402 e. The molecular weight excluding hydrogens is 335 g/mol. The highest BCUT2D eigenvalue weighted by Gasteiger charge is 2.38. The summed E-state index contributed by atoms with van der Waals surface area (Å²) in [7, 11) is -4.48. The van der Waals surface area contributed by atoms with Crippen LogP contribution < -0.4 is 11.1 Å². The van der Waals surface area contributed by atoms with Gasteiger partial charge in [0.1, 0.15) is 6.54 Å². The zero-order chi connectivity index (χ0) is 16.3. The first kappa shape index (κ1) is 17.7. The second-order valence-corrected chi connectivity index (χ2v) is 6.89. The molecule has 1 rings (SSSR count). The Hall–Kier alpha value is -1.31. The molecule has 0 saturated heterocycles. The van der Waals surface area contributed by atoms with E-state index in [0.29, 0.717) is 11.3 Å². The molecule has 120 valence electrons. The van der Waals surface area contributed by atoms with Gasteiger partial charge in [0.15, 0.2) is 0 Å². The average molecular weight is 347 g/mol. The Kier molecular flexibility index (Phi) is 5.61. The number of nitrogens with zero attached hydrogens (tertiary/aromatic N) is 3. The van der Waals surface area contributed by atoms with E-state index >= 15 is 0 Å². The monoisotopic (exact) mass is 347 g/mol. The van der Waals surface area contributed by atoms with E-state index < -0.39 is 39.5 Å². The van der Waals surface area contributed by atoms with Crippen LogP contribution in [0.25, 0.3) is 0 Å². The third-order valence-corrected chi connectivity index (χ3v) is 5.01. The Bertz CT molecular complexity index is 601.